The van der Waals surface area contributed by atoms with E-state index in [9.17, 15) is 0 Å². The lowest BCUT2D eigenvalue weighted by Gasteiger charge is -2.31. The molecule has 0 aliphatic heterocycles. The first-order chi connectivity index (χ1) is 8.40. The van der Waals surface area contributed by atoms with Crippen LogP contribution in [-0.4, -0.2) is 22.8 Å². The van der Waals surface area contributed by atoms with E-state index in [0.29, 0.717) is 6.04 Å². The van der Waals surface area contributed by atoms with Crippen LogP contribution in [0.3, 0.4) is 0 Å². The molecular weight excluding hydrogens is 228 g/mol. The van der Waals surface area contributed by atoms with Gasteiger partial charge in [0.25, 0.3) is 0 Å². The van der Waals surface area contributed by atoms with E-state index < -0.39 is 0 Å². The van der Waals surface area contributed by atoms with Crippen LogP contribution in [0.5, 0.6) is 0 Å². The summed E-state index contributed by atoms with van der Waals surface area (Å²) in [5.74, 6) is 0. The van der Waals surface area contributed by atoms with Crippen molar-refractivity contribution < 1.29 is 0 Å². The lowest BCUT2D eigenvalue weighted by molar-refractivity contribution is 0.384. The van der Waals surface area contributed by atoms with Crippen LogP contribution in [0.2, 0.25) is 0 Å². The molecule has 0 aromatic carbocycles. The van der Waals surface area contributed by atoms with Gasteiger partial charge in [0.15, 0.2) is 0 Å². The molecule has 2 atom stereocenters. The molecule has 1 aliphatic rings. The molecule has 1 aliphatic carbocycles. The van der Waals surface area contributed by atoms with Gasteiger partial charge < -0.3 is 5.32 Å². The third-order valence-electron chi connectivity index (χ3n) is 3.30. The number of thioether (sulfide) groups is 1. The fourth-order valence-electron chi connectivity index (χ4n) is 2.39. The van der Waals surface area contributed by atoms with Gasteiger partial charge in [-0.2, -0.15) is 0 Å². The fourth-order valence-corrected chi connectivity index (χ4v) is 3.70. The van der Waals surface area contributed by atoms with E-state index >= 15 is 0 Å². The SMILES string of the molecule is CCCNC1CCCCC1Sc1ccncc1. The summed E-state index contributed by atoms with van der Waals surface area (Å²) in [6.07, 6.45) is 10.4. The lowest BCUT2D eigenvalue weighted by atomic mass is 9.95. The number of pyridine rings is 1. The van der Waals surface area contributed by atoms with Gasteiger partial charge in [0, 0.05) is 28.6 Å². The van der Waals surface area contributed by atoms with Crippen molar-refractivity contribution >= 4 is 11.8 Å². The van der Waals surface area contributed by atoms with Crippen molar-refractivity contribution in [3.63, 3.8) is 0 Å². The summed E-state index contributed by atoms with van der Waals surface area (Å²) < 4.78 is 0. The van der Waals surface area contributed by atoms with Gasteiger partial charge in [-0.1, -0.05) is 19.8 Å². The van der Waals surface area contributed by atoms with Crippen LogP contribution in [0.1, 0.15) is 39.0 Å². The second-order valence-corrected chi connectivity index (χ2v) is 6.00. The van der Waals surface area contributed by atoms with Crippen LogP contribution in [0, 0.1) is 0 Å². The highest BCUT2D eigenvalue weighted by Crippen LogP contribution is 2.33. The van der Waals surface area contributed by atoms with Crippen LogP contribution in [0.4, 0.5) is 0 Å². The van der Waals surface area contributed by atoms with Gasteiger partial charge >= 0.3 is 0 Å². The van der Waals surface area contributed by atoms with E-state index in [4.69, 9.17) is 0 Å². The first-order valence-corrected chi connectivity index (χ1v) is 7.58. The highest BCUT2D eigenvalue weighted by atomic mass is 32.2. The number of hydrogen-bond donors (Lipinski definition) is 1. The Bertz CT molecular complexity index is 315. The third kappa shape index (κ3) is 4.00. The van der Waals surface area contributed by atoms with Crippen molar-refractivity contribution in [2.24, 2.45) is 0 Å². The Hall–Kier alpha value is -0.540. The van der Waals surface area contributed by atoms with Gasteiger partial charge in [-0.25, -0.2) is 0 Å². The number of hydrogen-bond acceptors (Lipinski definition) is 3. The summed E-state index contributed by atoms with van der Waals surface area (Å²) in [5.41, 5.74) is 0. The number of nitrogens with one attached hydrogen (secondary N) is 1. The highest BCUT2D eigenvalue weighted by molar-refractivity contribution is 8.00. The Labute approximate surface area is 109 Å². The van der Waals surface area contributed by atoms with Crippen molar-refractivity contribution in [1.82, 2.24) is 10.3 Å². The van der Waals surface area contributed by atoms with Gasteiger partial charge in [0.05, 0.1) is 0 Å². The minimum absolute atomic E-state index is 0.696. The fraction of sp³-hybridized carbons (Fsp3) is 0.643. The van der Waals surface area contributed by atoms with Crippen LogP contribution in [-0.2, 0) is 0 Å². The number of nitrogens with zero attached hydrogens (tertiary/aromatic N) is 1. The molecule has 1 aromatic heterocycles. The minimum atomic E-state index is 0.696. The largest absolute Gasteiger partial charge is 0.313 e. The van der Waals surface area contributed by atoms with Crippen molar-refractivity contribution in [2.75, 3.05) is 6.54 Å². The molecule has 1 saturated carbocycles. The van der Waals surface area contributed by atoms with E-state index in [1.807, 2.05) is 24.2 Å². The zero-order valence-electron chi connectivity index (χ0n) is 10.6. The molecule has 17 heavy (non-hydrogen) atoms. The second-order valence-electron chi connectivity index (χ2n) is 4.68. The van der Waals surface area contributed by atoms with E-state index in [1.165, 1.54) is 37.0 Å². The Morgan fingerprint density at radius 1 is 1.29 bits per heavy atom. The molecule has 1 N–H and O–H groups in total. The predicted molar refractivity (Wildman–Crippen MR) is 74.4 cm³/mol. The van der Waals surface area contributed by atoms with E-state index in [1.54, 1.807) is 0 Å². The molecule has 0 amide bonds. The maximum atomic E-state index is 4.08. The molecule has 2 nitrogen and oxygen atoms in total. The average Bonchev–Trinajstić information content (AvgIpc) is 2.39. The predicted octanol–water partition coefficient (Wildman–Crippen LogP) is 3.48. The van der Waals surface area contributed by atoms with E-state index in [0.717, 1.165) is 11.8 Å². The van der Waals surface area contributed by atoms with Crippen molar-refractivity contribution in [3.8, 4) is 0 Å². The number of rotatable bonds is 5. The molecule has 0 spiro atoms. The molecule has 1 aromatic rings. The summed E-state index contributed by atoms with van der Waals surface area (Å²) in [6.45, 7) is 3.39. The van der Waals surface area contributed by atoms with Crippen molar-refractivity contribution in [1.29, 1.82) is 0 Å². The molecule has 1 fully saturated rings. The molecular formula is C14H22N2S. The van der Waals surface area contributed by atoms with Gasteiger partial charge in [-0.3, -0.25) is 4.98 Å². The monoisotopic (exact) mass is 250 g/mol. The highest BCUT2D eigenvalue weighted by Gasteiger charge is 2.25. The van der Waals surface area contributed by atoms with Gasteiger partial charge in [0.2, 0.25) is 0 Å². The van der Waals surface area contributed by atoms with Gasteiger partial charge in [-0.05, 0) is 37.9 Å². The second kappa shape index (κ2) is 7.02. The maximum Gasteiger partial charge on any atom is 0.0278 e. The smallest absolute Gasteiger partial charge is 0.0278 e. The van der Waals surface area contributed by atoms with Gasteiger partial charge in [0.1, 0.15) is 0 Å². The lowest BCUT2D eigenvalue weighted by Crippen LogP contribution is -2.40. The molecule has 0 bridgehead atoms. The Kier molecular flexibility index (Phi) is 5.33. The van der Waals surface area contributed by atoms with Crippen LogP contribution >= 0.6 is 11.8 Å². The first kappa shape index (κ1) is 12.9. The molecule has 2 unspecified atom stereocenters. The molecule has 0 radical (unpaired) electrons. The first-order valence-electron chi connectivity index (χ1n) is 6.70. The molecule has 2 rings (SSSR count). The van der Waals surface area contributed by atoms with Crippen molar-refractivity contribution in [3.05, 3.63) is 24.5 Å². The topological polar surface area (TPSA) is 24.9 Å². The zero-order valence-corrected chi connectivity index (χ0v) is 11.4. The van der Waals surface area contributed by atoms with Crippen molar-refractivity contribution in [2.45, 2.75) is 55.2 Å². The Morgan fingerprint density at radius 3 is 2.82 bits per heavy atom. The van der Waals surface area contributed by atoms with E-state index in [2.05, 4.69) is 29.4 Å². The summed E-state index contributed by atoms with van der Waals surface area (Å²) in [7, 11) is 0. The van der Waals surface area contributed by atoms with Gasteiger partial charge in [-0.15, -0.1) is 11.8 Å². The summed E-state index contributed by atoms with van der Waals surface area (Å²) in [5, 5.41) is 4.44. The Balaban J connectivity index is 1.92. The molecule has 0 saturated heterocycles. The summed E-state index contributed by atoms with van der Waals surface area (Å²) in [6, 6.07) is 4.94. The molecule has 1 heterocycles. The quantitative estimate of drug-likeness (QED) is 0.866. The average molecular weight is 250 g/mol. The minimum Gasteiger partial charge on any atom is -0.313 e. The van der Waals surface area contributed by atoms with E-state index in [-0.39, 0.29) is 0 Å². The van der Waals surface area contributed by atoms with Crippen LogP contribution in [0.15, 0.2) is 29.4 Å². The zero-order chi connectivity index (χ0) is 11.9. The summed E-state index contributed by atoms with van der Waals surface area (Å²) in [4.78, 5) is 5.43. The maximum absolute atomic E-state index is 4.08. The molecule has 3 heteroatoms. The number of aromatic nitrogens is 1. The Morgan fingerprint density at radius 2 is 2.06 bits per heavy atom. The van der Waals surface area contributed by atoms with Crippen LogP contribution in [0.25, 0.3) is 0 Å². The van der Waals surface area contributed by atoms with Crippen LogP contribution < -0.4 is 5.32 Å². The summed E-state index contributed by atoms with van der Waals surface area (Å²) >= 11 is 2.02. The third-order valence-corrected chi connectivity index (χ3v) is 4.71. The normalized spacial score (nSPS) is 24.8. The standard InChI is InChI=1S/C14H22N2S/c1-2-9-16-13-5-3-4-6-14(13)17-12-7-10-15-11-8-12/h7-8,10-11,13-14,16H,2-6,9H2,1H3. The molecule has 94 valence electrons.